The molecule has 0 spiro atoms. The van der Waals surface area contributed by atoms with Crippen LogP contribution in [0, 0.1) is 0 Å². The average Bonchev–Trinajstić information content (AvgIpc) is 2.98. The van der Waals surface area contributed by atoms with Crippen LogP contribution in [0.5, 0.6) is 17.2 Å². The molecule has 1 aliphatic rings. The topological polar surface area (TPSA) is 77.1 Å². The molecule has 8 heteroatoms. The Labute approximate surface area is 179 Å². The SMILES string of the molecule is C=CCN1C(=O)C(Nc2ccc(OC)c(Cl)c2)=C(c2ccc(OC)c(OC)c2)C1=O. The van der Waals surface area contributed by atoms with Crippen molar-refractivity contribution < 1.29 is 23.8 Å². The number of carbonyl (C=O) groups excluding carboxylic acids is 2. The molecule has 0 unspecified atom stereocenters. The fourth-order valence-corrected chi connectivity index (χ4v) is 3.39. The van der Waals surface area contributed by atoms with E-state index in [-0.39, 0.29) is 17.8 Å². The highest BCUT2D eigenvalue weighted by atomic mass is 35.5. The lowest BCUT2D eigenvalue weighted by Gasteiger charge is -2.13. The molecule has 2 aromatic carbocycles. The first-order valence-corrected chi connectivity index (χ1v) is 9.37. The maximum Gasteiger partial charge on any atom is 0.278 e. The lowest BCUT2D eigenvalue weighted by Crippen LogP contribution is -2.32. The Kier molecular flexibility index (Phi) is 6.32. The number of imide groups is 1. The smallest absolute Gasteiger partial charge is 0.278 e. The Morgan fingerprint density at radius 1 is 0.967 bits per heavy atom. The molecular formula is C22H21ClN2O5. The quantitative estimate of drug-likeness (QED) is 0.509. The number of carbonyl (C=O) groups is 2. The maximum absolute atomic E-state index is 13.1. The van der Waals surface area contributed by atoms with Gasteiger partial charge in [0.25, 0.3) is 11.8 Å². The summed E-state index contributed by atoms with van der Waals surface area (Å²) in [6.07, 6.45) is 1.50. The number of hydrogen-bond donors (Lipinski definition) is 1. The van der Waals surface area contributed by atoms with Crippen molar-refractivity contribution in [2.45, 2.75) is 0 Å². The van der Waals surface area contributed by atoms with Crippen molar-refractivity contribution in [1.29, 1.82) is 0 Å². The van der Waals surface area contributed by atoms with Gasteiger partial charge in [-0.2, -0.15) is 0 Å². The van der Waals surface area contributed by atoms with Gasteiger partial charge < -0.3 is 19.5 Å². The molecule has 0 fully saturated rings. The number of rotatable bonds is 8. The normalized spacial score (nSPS) is 13.5. The zero-order valence-electron chi connectivity index (χ0n) is 16.8. The minimum Gasteiger partial charge on any atom is -0.495 e. The van der Waals surface area contributed by atoms with Crippen molar-refractivity contribution in [3.63, 3.8) is 0 Å². The Morgan fingerprint density at radius 3 is 2.23 bits per heavy atom. The van der Waals surface area contributed by atoms with Crippen molar-refractivity contribution in [3.8, 4) is 17.2 Å². The fraction of sp³-hybridized carbons (Fsp3) is 0.182. The number of methoxy groups -OCH3 is 3. The molecule has 1 N–H and O–H groups in total. The number of nitrogens with zero attached hydrogens (tertiary/aromatic N) is 1. The van der Waals surface area contributed by atoms with E-state index in [1.165, 1.54) is 27.4 Å². The van der Waals surface area contributed by atoms with Crippen molar-refractivity contribution in [1.82, 2.24) is 4.90 Å². The summed E-state index contributed by atoms with van der Waals surface area (Å²) in [4.78, 5) is 27.2. The van der Waals surface area contributed by atoms with Gasteiger partial charge in [0, 0.05) is 12.2 Å². The van der Waals surface area contributed by atoms with E-state index in [0.717, 1.165) is 4.90 Å². The van der Waals surface area contributed by atoms with E-state index < -0.39 is 11.8 Å². The van der Waals surface area contributed by atoms with Crippen molar-refractivity contribution in [3.05, 3.63) is 65.3 Å². The molecule has 0 saturated carbocycles. The molecule has 0 bridgehead atoms. The van der Waals surface area contributed by atoms with Gasteiger partial charge in [0.15, 0.2) is 11.5 Å². The molecule has 0 aliphatic carbocycles. The van der Waals surface area contributed by atoms with Gasteiger partial charge in [-0.3, -0.25) is 14.5 Å². The summed E-state index contributed by atoms with van der Waals surface area (Å²) in [5.74, 6) is 0.555. The summed E-state index contributed by atoms with van der Waals surface area (Å²) in [5.41, 5.74) is 1.40. The first-order chi connectivity index (χ1) is 14.4. The predicted octanol–water partition coefficient (Wildman–Crippen LogP) is 3.74. The van der Waals surface area contributed by atoms with Gasteiger partial charge in [0.05, 0.1) is 31.9 Å². The lowest BCUT2D eigenvalue weighted by molar-refractivity contribution is -0.136. The lowest BCUT2D eigenvalue weighted by atomic mass is 10.0. The van der Waals surface area contributed by atoms with Gasteiger partial charge in [0.1, 0.15) is 11.4 Å². The number of halogens is 1. The number of benzene rings is 2. The summed E-state index contributed by atoms with van der Waals surface area (Å²) >= 11 is 6.20. The molecule has 0 atom stereocenters. The highest BCUT2D eigenvalue weighted by Crippen LogP contribution is 2.36. The third-order valence-electron chi connectivity index (χ3n) is 4.57. The molecule has 2 amide bonds. The Morgan fingerprint density at radius 2 is 1.63 bits per heavy atom. The number of anilines is 1. The van der Waals surface area contributed by atoms with Gasteiger partial charge in [-0.05, 0) is 35.9 Å². The van der Waals surface area contributed by atoms with Crippen LogP contribution in [-0.4, -0.2) is 44.6 Å². The zero-order valence-corrected chi connectivity index (χ0v) is 17.6. The molecule has 7 nitrogen and oxygen atoms in total. The minimum absolute atomic E-state index is 0.0863. The molecular weight excluding hydrogens is 408 g/mol. The molecule has 0 saturated heterocycles. The van der Waals surface area contributed by atoms with Crippen LogP contribution in [0.2, 0.25) is 5.02 Å². The first-order valence-electron chi connectivity index (χ1n) is 8.99. The molecule has 30 heavy (non-hydrogen) atoms. The largest absolute Gasteiger partial charge is 0.495 e. The van der Waals surface area contributed by atoms with Crippen LogP contribution in [-0.2, 0) is 9.59 Å². The van der Waals surface area contributed by atoms with E-state index in [9.17, 15) is 9.59 Å². The van der Waals surface area contributed by atoms with Crippen LogP contribution in [0.15, 0.2) is 54.8 Å². The predicted molar refractivity (Wildman–Crippen MR) is 115 cm³/mol. The van der Waals surface area contributed by atoms with Crippen molar-refractivity contribution >= 4 is 34.7 Å². The Bertz CT molecular complexity index is 1050. The fourth-order valence-electron chi connectivity index (χ4n) is 3.13. The molecule has 3 rings (SSSR count). The molecule has 2 aromatic rings. The van der Waals surface area contributed by atoms with E-state index in [0.29, 0.717) is 33.5 Å². The highest BCUT2D eigenvalue weighted by Gasteiger charge is 2.38. The summed E-state index contributed by atoms with van der Waals surface area (Å²) in [7, 11) is 4.53. The number of nitrogens with one attached hydrogen (secondary N) is 1. The van der Waals surface area contributed by atoms with Crippen LogP contribution in [0.3, 0.4) is 0 Å². The van der Waals surface area contributed by atoms with Crippen LogP contribution < -0.4 is 19.5 Å². The van der Waals surface area contributed by atoms with Crippen LogP contribution >= 0.6 is 11.6 Å². The van der Waals surface area contributed by atoms with Crippen LogP contribution in [0.4, 0.5) is 5.69 Å². The van der Waals surface area contributed by atoms with E-state index in [2.05, 4.69) is 11.9 Å². The average molecular weight is 429 g/mol. The van der Waals surface area contributed by atoms with E-state index in [4.69, 9.17) is 25.8 Å². The summed E-state index contributed by atoms with van der Waals surface area (Å²) in [6, 6.07) is 10.0. The summed E-state index contributed by atoms with van der Waals surface area (Å²) in [6.45, 7) is 3.71. The molecule has 156 valence electrons. The second kappa shape index (κ2) is 8.92. The third-order valence-corrected chi connectivity index (χ3v) is 4.87. The number of hydrogen-bond acceptors (Lipinski definition) is 6. The highest BCUT2D eigenvalue weighted by molar-refractivity contribution is 6.37. The molecule has 0 aromatic heterocycles. The van der Waals surface area contributed by atoms with Gasteiger partial charge >= 0.3 is 0 Å². The van der Waals surface area contributed by atoms with Gasteiger partial charge in [-0.15, -0.1) is 6.58 Å². The number of amides is 2. The van der Waals surface area contributed by atoms with Gasteiger partial charge in [-0.1, -0.05) is 23.7 Å². The summed E-state index contributed by atoms with van der Waals surface area (Å²) in [5, 5.41) is 3.41. The Hall–Kier alpha value is -3.45. The first kappa shape index (κ1) is 21.3. The molecule has 0 radical (unpaired) electrons. The second-order valence-corrected chi connectivity index (χ2v) is 6.71. The second-order valence-electron chi connectivity index (χ2n) is 6.30. The standard InChI is InChI=1S/C22H21ClN2O5/c1-5-10-25-21(26)19(13-6-8-17(29-3)18(11-13)30-4)20(22(25)27)24-14-7-9-16(28-2)15(23)12-14/h5-9,11-12,24H,1,10H2,2-4H3. The minimum atomic E-state index is -0.461. The van der Waals surface area contributed by atoms with Crippen molar-refractivity contribution in [2.75, 3.05) is 33.2 Å². The Balaban J connectivity index is 2.11. The van der Waals surface area contributed by atoms with Crippen LogP contribution in [0.1, 0.15) is 5.56 Å². The molecule has 1 aliphatic heterocycles. The van der Waals surface area contributed by atoms with E-state index in [1.807, 2.05) is 0 Å². The van der Waals surface area contributed by atoms with E-state index in [1.54, 1.807) is 36.4 Å². The maximum atomic E-state index is 13.1. The monoisotopic (exact) mass is 428 g/mol. The van der Waals surface area contributed by atoms with E-state index >= 15 is 0 Å². The zero-order chi connectivity index (χ0) is 21.8. The van der Waals surface area contributed by atoms with Crippen LogP contribution in [0.25, 0.3) is 5.57 Å². The van der Waals surface area contributed by atoms with Gasteiger partial charge in [-0.25, -0.2) is 0 Å². The summed E-state index contributed by atoms with van der Waals surface area (Å²) < 4.78 is 15.8. The van der Waals surface area contributed by atoms with Crippen molar-refractivity contribution in [2.24, 2.45) is 0 Å². The number of ether oxygens (including phenoxy) is 3. The third kappa shape index (κ3) is 3.84. The van der Waals surface area contributed by atoms with Gasteiger partial charge in [0.2, 0.25) is 0 Å². The molecule has 1 heterocycles.